The van der Waals surface area contributed by atoms with Crippen molar-refractivity contribution in [2.24, 2.45) is 5.18 Å². The number of nitroso groups, excluding NO2 is 1. The molecule has 6 heteroatoms. The van der Waals surface area contributed by atoms with Crippen molar-refractivity contribution in [2.45, 2.75) is 0 Å². The van der Waals surface area contributed by atoms with Gasteiger partial charge in [0.15, 0.2) is 0 Å². The number of phenolic OH excluding ortho intramolecular Hbond substituents is 1. The number of benzene rings is 2. The smallest absolute Gasteiger partial charge is 0.340 e. The van der Waals surface area contributed by atoms with Crippen LogP contribution in [0.3, 0.4) is 0 Å². The Labute approximate surface area is 135 Å². The topological polar surface area (TPSA) is 80.4 Å². The quantitative estimate of drug-likeness (QED) is 0.445. The summed E-state index contributed by atoms with van der Waals surface area (Å²) in [6.07, 6.45) is 1.72. The van der Waals surface area contributed by atoms with Gasteiger partial charge in [-0.15, -0.1) is 4.91 Å². The highest BCUT2D eigenvalue weighted by Crippen LogP contribution is 2.45. The Bertz CT molecular complexity index is 1140. The van der Waals surface area contributed by atoms with Crippen LogP contribution in [-0.4, -0.2) is 22.6 Å². The van der Waals surface area contributed by atoms with E-state index in [-0.39, 0.29) is 17.0 Å². The number of aromatic nitrogens is 1. The fourth-order valence-electron chi connectivity index (χ4n) is 3.23. The SMILES string of the molecule is COC(=O)c1c2c(N=O)c3ccccc3c(O)c2n2ccccc12. The van der Waals surface area contributed by atoms with Gasteiger partial charge in [-0.3, -0.25) is 0 Å². The van der Waals surface area contributed by atoms with Crippen LogP contribution in [0.4, 0.5) is 5.69 Å². The number of methoxy groups -OCH3 is 1. The summed E-state index contributed by atoms with van der Waals surface area (Å²) in [4.78, 5) is 23.9. The predicted molar refractivity (Wildman–Crippen MR) is 90.9 cm³/mol. The average molecular weight is 320 g/mol. The van der Waals surface area contributed by atoms with E-state index in [4.69, 9.17) is 4.74 Å². The molecule has 2 aromatic carbocycles. The van der Waals surface area contributed by atoms with Crippen molar-refractivity contribution in [2.75, 3.05) is 7.11 Å². The molecule has 0 spiro atoms. The maximum Gasteiger partial charge on any atom is 0.340 e. The second-order valence-electron chi connectivity index (χ2n) is 5.38. The molecule has 0 saturated heterocycles. The molecule has 0 aliphatic heterocycles. The summed E-state index contributed by atoms with van der Waals surface area (Å²) >= 11 is 0. The normalized spacial score (nSPS) is 11.2. The van der Waals surface area contributed by atoms with E-state index in [1.54, 1.807) is 53.1 Å². The molecule has 118 valence electrons. The number of phenols is 1. The molecule has 0 radical (unpaired) electrons. The van der Waals surface area contributed by atoms with E-state index in [9.17, 15) is 14.8 Å². The second-order valence-corrected chi connectivity index (χ2v) is 5.38. The molecule has 0 atom stereocenters. The Morgan fingerprint density at radius 1 is 1.12 bits per heavy atom. The van der Waals surface area contributed by atoms with Crippen LogP contribution in [0, 0.1) is 4.91 Å². The molecule has 4 rings (SSSR count). The summed E-state index contributed by atoms with van der Waals surface area (Å²) in [6.45, 7) is 0. The molecule has 4 aromatic rings. The summed E-state index contributed by atoms with van der Waals surface area (Å²) in [5.41, 5.74) is 1.22. The summed E-state index contributed by atoms with van der Waals surface area (Å²) in [7, 11) is 1.27. The Morgan fingerprint density at radius 3 is 2.54 bits per heavy atom. The van der Waals surface area contributed by atoms with Crippen LogP contribution < -0.4 is 0 Å². The lowest BCUT2D eigenvalue weighted by Crippen LogP contribution is -2.01. The zero-order valence-electron chi connectivity index (χ0n) is 12.7. The van der Waals surface area contributed by atoms with Gasteiger partial charge < -0.3 is 14.2 Å². The summed E-state index contributed by atoms with van der Waals surface area (Å²) in [6, 6.07) is 12.2. The zero-order valence-corrected chi connectivity index (χ0v) is 12.7. The average Bonchev–Trinajstić information content (AvgIpc) is 2.97. The van der Waals surface area contributed by atoms with Crippen molar-refractivity contribution in [3.05, 3.63) is 59.1 Å². The number of ether oxygens (including phenoxy) is 1. The molecule has 1 N–H and O–H groups in total. The van der Waals surface area contributed by atoms with E-state index < -0.39 is 5.97 Å². The maximum atomic E-state index is 12.4. The fraction of sp³-hybridized carbons (Fsp3) is 0.0556. The minimum absolute atomic E-state index is 0.00986. The van der Waals surface area contributed by atoms with Crippen molar-refractivity contribution in [3.8, 4) is 5.75 Å². The third-order valence-corrected chi connectivity index (χ3v) is 4.22. The van der Waals surface area contributed by atoms with Crippen molar-refractivity contribution in [3.63, 3.8) is 0 Å². The Morgan fingerprint density at radius 2 is 1.83 bits per heavy atom. The first-order valence-electron chi connectivity index (χ1n) is 7.27. The number of aromatic hydroxyl groups is 1. The molecule has 0 saturated carbocycles. The van der Waals surface area contributed by atoms with Crippen molar-refractivity contribution < 1.29 is 14.6 Å². The lowest BCUT2D eigenvalue weighted by molar-refractivity contribution is 0.0605. The zero-order chi connectivity index (χ0) is 16.8. The largest absolute Gasteiger partial charge is 0.505 e. The molecular formula is C18H12N2O4. The van der Waals surface area contributed by atoms with Gasteiger partial charge in [0.25, 0.3) is 0 Å². The molecule has 0 unspecified atom stereocenters. The minimum atomic E-state index is -0.590. The van der Waals surface area contributed by atoms with Gasteiger partial charge in [-0.25, -0.2) is 4.79 Å². The summed E-state index contributed by atoms with van der Waals surface area (Å²) < 4.78 is 6.55. The highest BCUT2D eigenvalue weighted by molar-refractivity contribution is 6.23. The number of hydrogen-bond acceptors (Lipinski definition) is 5. The first-order valence-corrected chi connectivity index (χ1v) is 7.27. The summed E-state index contributed by atoms with van der Waals surface area (Å²) in [5, 5.41) is 15.2. The van der Waals surface area contributed by atoms with Crippen molar-refractivity contribution >= 4 is 38.8 Å². The molecule has 6 nitrogen and oxygen atoms in total. The number of hydrogen-bond donors (Lipinski definition) is 1. The number of carbonyl (C=O) groups excluding carboxylic acids is 1. The van der Waals surface area contributed by atoms with Crippen LogP contribution in [0.15, 0.2) is 53.8 Å². The van der Waals surface area contributed by atoms with Gasteiger partial charge in [0.2, 0.25) is 0 Å². The number of pyridine rings is 1. The van der Waals surface area contributed by atoms with E-state index in [1.165, 1.54) is 7.11 Å². The first kappa shape index (κ1) is 14.2. The monoisotopic (exact) mass is 320 g/mol. The third kappa shape index (κ3) is 1.68. The highest BCUT2D eigenvalue weighted by Gasteiger charge is 2.26. The molecule has 0 fully saturated rings. The Kier molecular flexibility index (Phi) is 2.99. The Hall–Kier alpha value is -3.41. The molecule has 2 aromatic heterocycles. The maximum absolute atomic E-state index is 12.4. The van der Waals surface area contributed by atoms with Crippen molar-refractivity contribution in [1.29, 1.82) is 0 Å². The van der Waals surface area contributed by atoms with E-state index in [0.717, 1.165) is 0 Å². The van der Waals surface area contributed by atoms with E-state index in [0.29, 0.717) is 27.2 Å². The molecular weight excluding hydrogens is 308 g/mol. The van der Waals surface area contributed by atoms with Gasteiger partial charge in [0.05, 0.1) is 23.7 Å². The number of nitrogens with zero attached hydrogens (tertiary/aromatic N) is 2. The lowest BCUT2D eigenvalue weighted by atomic mass is 10.0. The fourth-order valence-corrected chi connectivity index (χ4v) is 3.23. The van der Waals surface area contributed by atoms with Gasteiger partial charge in [-0.05, 0) is 17.3 Å². The van der Waals surface area contributed by atoms with Crippen LogP contribution in [0.2, 0.25) is 0 Å². The summed E-state index contributed by atoms with van der Waals surface area (Å²) in [5.74, 6) is -0.599. The third-order valence-electron chi connectivity index (χ3n) is 4.22. The van der Waals surface area contributed by atoms with Gasteiger partial charge in [-0.2, -0.15) is 0 Å². The number of rotatable bonds is 2. The predicted octanol–water partition coefficient (Wildman–Crippen LogP) is 4.14. The number of esters is 1. The number of fused-ring (bicyclic) bond motifs is 4. The van der Waals surface area contributed by atoms with Gasteiger partial charge in [0, 0.05) is 22.4 Å². The molecule has 0 amide bonds. The Balaban J connectivity index is 2.41. The molecule has 0 bridgehead atoms. The molecule has 24 heavy (non-hydrogen) atoms. The highest BCUT2D eigenvalue weighted by atomic mass is 16.5. The van der Waals surface area contributed by atoms with Gasteiger partial charge in [0.1, 0.15) is 11.4 Å². The second kappa shape index (κ2) is 5.06. The van der Waals surface area contributed by atoms with Crippen LogP contribution in [-0.2, 0) is 4.74 Å². The molecule has 0 aliphatic carbocycles. The van der Waals surface area contributed by atoms with Crippen molar-refractivity contribution in [1.82, 2.24) is 4.40 Å². The number of carbonyl (C=O) groups is 1. The van der Waals surface area contributed by atoms with Gasteiger partial charge in [-0.1, -0.05) is 30.3 Å². The van der Waals surface area contributed by atoms with Crippen LogP contribution in [0.1, 0.15) is 10.4 Å². The molecule has 2 heterocycles. The first-order chi connectivity index (χ1) is 11.7. The van der Waals surface area contributed by atoms with Crippen LogP contribution in [0.25, 0.3) is 27.2 Å². The lowest BCUT2D eigenvalue weighted by Gasteiger charge is -2.07. The molecule has 0 aliphatic rings. The van der Waals surface area contributed by atoms with Crippen LogP contribution >= 0.6 is 0 Å². The van der Waals surface area contributed by atoms with E-state index in [2.05, 4.69) is 5.18 Å². The minimum Gasteiger partial charge on any atom is -0.505 e. The van der Waals surface area contributed by atoms with E-state index >= 15 is 0 Å². The van der Waals surface area contributed by atoms with Crippen LogP contribution in [0.5, 0.6) is 5.75 Å². The standard InChI is InChI=1S/C18H12N2O4/c1-24-18(22)13-12-8-4-5-9-20(12)16-14(13)15(19-23)10-6-2-3-7-11(10)17(16)21/h2-9,21H,1H3. The van der Waals surface area contributed by atoms with Gasteiger partial charge >= 0.3 is 5.97 Å². The van der Waals surface area contributed by atoms with E-state index in [1.807, 2.05) is 0 Å².